The van der Waals surface area contributed by atoms with Crippen LogP contribution >= 0.6 is 0 Å². The molecular formula is C6H10O2. The van der Waals surface area contributed by atoms with Crippen LogP contribution in [-0.2, 0) is 9.59 Å². The van der Waals surface area contributed by atoms with Crippen LogP contribution in [0.15, 0.2) is 0 Å². The van der Waals surface area contributed by atoms with Crippen LogP contribution in [0.4, 0.5) is 0 Å². The van der Waals surface area contributed by atoms with E-state index in [1.165, 1.54) is 0 Å². The molecule has 0 rings (SSSR count). The lowest BCUT2D eigenvalue weighted by atomic mass is 10.2. The molecule has 0 spiro atoms. The van der Waals surface area contributed by atoms with Crippen molar-refractivity contribution in [2.24, 2.45) is 0 Å². The van der Waals surface area contributed by atoms with Gasteiger partial charge in [-0.25, -0.2) is 0 Å². The zero-order valence-corrected chi connectivity index (χ0v) is 5.02. The molecule has 2 nitrogen and oxygen atoms in total. The van der Waals surface area contributed by atoms with E-state index in [0.29, 0.717) is 12.7 Å². The molecule has 0 heterocycles. The first-order chi connectivity index (χ1) is 3.81. The van der Waals surface area contributed by atoms with E-state index in [0.717, 1.165) is 6.42 Å². The molecule has 0 N–H and O–H groups in total. The highest BCUT2D eigenvalue weighted by Crippen LogP contribution is 1.90. The molecule has 8 heavy (non-hydrogen) atoms. The summed E-state index contributed by atoms with van der Waals surface area (Å²) in [6, 6.07) is 0. The number of hydrogen-bond donors (Lipinski definition) is 0. The first kappa shape index (κ1) is 7.34. The second-order valence-electron chi connectivity index (χ2n) is 1.66. The van der Waals surface area contributed by atoms with E-state index in [9.17, 15) is 9.59 Å². The Labute approximate surface area is 48.9 Å². The molecule has 0 aliphatic heterocycles. The molecule has 0 aromatic rings. The first-order valence-electron chi connectivity index (χ1n) is 2.76. The minimum absolute atomic E-state index is 0.0440. The Morgan fingerprint density at radius 3 is 2.62 bits per heavy atom. The van der Waals surface area contributed by atoms with Gasteiger partial charge in [0.15, 0.2) is 0 Å². The predicted octanol–water partition coefficient (Wildman–Crippen LogP) is 0.945. The first-order valence-corrected chi connectivity index (χ1v) is 2.76. The average Bonchev–Trinajstić information content (AvgIpc) is 1.68. The Bertz CT molecular complexity index is 86.5. The summed E-state index contributed by atoms with van der Waals surface area (Å²) in [5.74, 6) is 0.0440. The topological polar surface area (TPSA) is 34.1 Å². The number of ketones is 1. The van der Waals surface area contributed by atoms with Crippen LogP contribution in [0.1, 0.15) is 26.2 Å². The van der Waals surface area contributed by atoms with Crippen molar-refractivity contribution in [3.05, 3.63) is 0 Å². The summed E-state index contributed by atoms with van der Waals surface area (Å²) < 4.78 is 0. The Hall–Kier alpha value is -0.660. The third-order valence-corrected chi connectivity index (χ3v) is 0.840. The maximum Gasteiger partial charge on any atom is 0.139 e. The van der Waals surface area contributed by atoms with E-state index in [2.05, 4.69) is 0 Å². The average molecular weight is 114 g/mol. The summed E-state index contributed by atoms with van der Waals surface area (Å²) in [6.45, 7) is 1.92. The molecule has 0 aromatic carbocycles. The molecule has 0 radical (unpaired) electrons. The predicted molar refractivity (Wildman–Crippen MR) is 30.6 cm³/mol. The summed E-state index contributed by atoms with van der Waals surface area (Å²) in [5, 5.41) is 0. The molecule has 0 aliphatic carbocycles. The minimum Gasteiger partial charge on any atom is -0.303 e. The van der Waals surface area contributed by atoms with Gasteiger partial charge in [0.25, 0.3) is 0 Å². The molecule has 0 bridgehead atoms. The van der Waals surface area contributed by atoms with Gasteiger partial charge in [-0.05, 0) is 6.42 Å². The Balaban J connectivity index is 3.18. The molecule has 0 aromatic heterocycles. The third kappa shape index (κ3) is 3.53. The van der Waals surface area contributed by atoms with Gasteiger partial charge < -0.3 is 4.79 Å². The number of rotatable bonds is 4. The summed E-state index contributed by atoms with van der Waals surface area (Å²) in [5.41, 5.74) is 0. The molecule has 0 atom stereocenters. The fourth-order valence-corrected chi connectivity index (χ4v) is 0.474. The van der Waals surface area contributed by atoms with Gasteiger partial charge in [0.05, 0.1) is 6.42 Å². The van der Waals surface area contributed by atoms with E-state index in [1.807, 2.05) is 6.92 Å². The monoisotopic (exact) mass is 114 g/mol. The fourth-order valence-electron chi connectivity index (χ4n) is 0.474. The van der Waals surface area contributed by atoms with Crippen molar-refractivity contribution in [2.45, 2.75) is 26.2 Å². The lowest BCUT2D eigenvalue weighted by Gasteiger charge is -1.86. The highest BCUT2D eigenvalue weighted by molar-refractivity contribution is 5.89. The van der Waals surface area contributed by atoms with Gasteiger partial charge in [0, 0.05) is 6.42 Å². The van der Waals surface area contributed by atoms with Crippen molar-refractivity contribution in [1.82, 2.24) is 0 Å². The Morgan fingerprint density at radius 2 is 2.25 bits per heavy atom. The van der Waals surface area contributed by atoms with Crippen molar-refractivity contribution >= 4 is 12.1 Å². The Morgan fingerprint density at radius 1 is 1.62 bits per heavy atom. The molecule has 0 fully saturated rings. The maximum absolute atomic E-state index is 10.4. The van der Waals surface area contributed by atoms with Gasteiger partial charge in [-0.3, -0.25) is 4.79 Å². The van der Waals surface area contributed by atoms with E-state index in [4.69, 9.17) is 0 Å². The summed E-state index contributed by atoms with van der Waals surface area (Å²) >= 11 is 0. The van der Waals surface area contributed by atoms with E-state index in [1.54, 1.807) is 0 Å². The van der Waals surface area contributed by atoms with Crippen molar-refractivity contribution < 1.29 is 9.59 Å². The van der Waals surface area contributed by atoms with E-state index < -0.39 is 0 Å². The number of carbonyl (C=O) groups excluding carboxylic acids is 2. The molecule has 0 aliphatic rings. The van der Waals surface area contributed by atoms with Crippen LogP contribution in [0.2, 0.25) is 0 Å². The maximum atomic E-state index is 10.4. The van der Waals surface area contributed by atoms with Gasteiger partial charge in [0.2, 0.25) is 0 Å². The van der Waals surface area contributed by atoms with Crippen molar-refractivity contribution in [2.75, 3.05) is 0 Å². The quantitative estimate of drug-likeness (QED) is 0.402. The lowest BCUT2D eigenvalue weighted by Crippen LogP contribution is -1.95. The normalized spacial score (nSPS) is 8.62. The molecule has 0 unspecified atom stereocenters. The van der Waals surface area contributed by atoms with Gasteiger partial charge in [-0.2, -0.15) is 0 Å². The number of hydrogen-bond acceptors (Lipinski definition) is 2. The highest BCUT2D eigenvalue weighted by atomic mass is 16.1. The van der Waals surface area contributed by atoms with Gasteiger partial charge in [-0.1, -0.05) is 6.92 Å². The molecule has 2 heteroatoms. The number of Topliss-reactive ketones (excluding diaryl/α,β-unsaturated/α-hetero) is 1. The van der Waals surface area contributed by atoms with Crippen molar-refractivity contribution in [3.63, 3.8) is 0 Å². The molecule has 46 valence electrons. The highest BCUT2D eigenvalue weighted by Gasteiger charge is 1.95. The third-order valence-electron chi connectivity index (χ3n) is 0.840. The smallest absolute Gasteiger partial charge is 0.139 e. The van der Waals surface area contributed by atoms with Crippen molar-refractivity contribution in [1.29, 1.82) is 0 Å². The van der Waals surface area contributed by atoms with Crippen LogP contribution < -0.4 is 0 Å². The van der Waals surface area contributed by atoms with E-state index in [-0.39, 0.29) is 12.2 Å². The van der Waals surface area contributed by atoms with Gasteiger partial charge >= 0.3 is 0 Å². The number of carbonyl (C=O) groups is 2. The van der Waals surface area contributed by atoms with Crippen LogP contribution in [0, 0.1) is 0 Å². The van der Waals surface area contributed by atoms with Gasteiger partial charge in [-0.15, -0.1) is 0 Å². The molecule has 0 amide bonds. The Kier molecular flexibility index (Phi) is 4.13. The standard InChI is InChI=1S/C6H10O2/c1-2-3-6(8)4-5-7/h5H,2-4H2,1H3. The van der Waals surface area contributed by atoms with Crippen LogP contribution in [-0.4, -0.2) is 12.1 Å². The van der Waals surface area contributed by atoms with Crippen molar-refractivity contribution in [3.8, 4) is 0 Å². The lowest BCUT2D eigenvalue weighted by molar-refractivity contribution is -0.122. The second kappa shape index (κ2) is 4.50. The largest absolute Gasteiger partial charge is 0.303 e. The van der Waals surface area contributed by atoms with Crippen LogP contribution in [0.5, 0.6) is 0 Å². The van der Waals surface area contributed by atoms with Crippen LogP contribution in [0.25, 0.3) is 0 Å². The zero-order chi connectivity index (χ0) is 6.41. The minimum atomic E-state index is 0.0440. The summed E-state index contributed by atoms with van der Waals surface area (Å²) in [6.07, 6.45) is 2.12. The zero-order valence-electron chi connectivity index (χ0n) is 5.02. The van der Waals surface area contributed by atoms with Crippen LogP contribution in [0.3, 0.4) is 0 Å². The summed E-state index contributed by atoms with van der Waals surface area (Å²) in [4.78, 5) is 20.1. The molecule has 0 saturated heterocycles. The SMILES string of the molecule is CCCC(=O)CC=O. The molecular weight excluding hydrogens is 104 g/mol. The number of aldehydes is 1. The second-order valence-corrected chi connectivity index (χ2v) is 1.66. The van der Waals surface area contributed by atoms with E-state index >= 15 is 0 Å². The van der Waals surface area contributed by atoms with Gasteiger partial charge in [0.1, 0.15) is 12.1 Å². The molecule has 0 saturated carbocycles. The fraction of sp³-hybridized carbons (Fsp3) is 0.667. The summed E-state index contributed by atoms with van der Waals surface area (Å²) in [7, 11) is 0.